The predicted molar refractivity (Wildman–Crippen MR) is 117 cm³/mol. The van der Waals surface area contributed by atoms with Gasteiger partial charge in [0.1, 0.15) is 0 Å². The fourth-order valence-electron chi connectivity index (χ4n) is 3.46. The second-order valence-electron chi connectivity index (χ2n) is 7.08. The van der Waals surface area contributed by atoms with Crippen molar-refractivity contribution >= 4 is 39.2 Å². The Hall–Kier alpha value is -2.71. The summed E-state index contributed by atoms with van der Waals surface area (Å²) in [5.41, 5.74) is 2.10. The van der Waals surface area contributed by atoms with Crippen molar-refractivity contribution in [3.8, 4) is 11.5 Å². The van der Waals surface area contributed by atoms with Crippen LogP contribution in [0.2, 0.25) is 5.02 Å². The number of nitrogens with one attached hydrogen (secondary N) is 1. The summed E-state index contributed by atoms with van der Waals surface area (Å²) in [7, 11) is 0. The van der Waals surface area contributed by atoms with Gasteiger partial charge in [0.15, 0.2) is 21.9 Å². The Morgan fingerprint density at radius 3 is 2.57 bits per heavy atom. The number of rotatable bonds is 6. The molecular formula is C21H19BrClN3O4. The van der Waals surface area contributed by atoms with Gasteiger partial charge in [-0.2, -0.15) is 0 Å². The minimum atomic E-state index is -1.10. The highest BCUT2D eigenvalue weighted by Crippen LogP contribution is 2.38. The summed E-state index contributed by atoms with van der Waals surface area (Å²) >= 11 is 9.50. The van der Waals surface area contributed by atoms with Gasteiger partial charge < -0.3 is 24.5 Å². The highest BCUT2D eigenvalue weighted by molar-refractivity contribution is 9.10. The largest absolute Gasteiger partial charge is 0.476 e. The Bertz CT molecular complexity index is 1100. The van der Waals surface area contributed by atoms with E-state index in [4.69, 9.17) is 21.1 Å². The highest BCUT2D eigenvalue weighted by Gasteiger charge is 2.30. The summed E-state index contributed by atoms with van der Waals surface area (Å²) < 4.78 is 13.2. The number of aromatic nitrogens is 2. The molecule has 0 bridgehead atoms. The lowest BCUT2D eigenvalue weighted by atomic mass is 10.0. The summed E-state index contributed by atoms with van der Waals surface area (Å²) in [5, 5.41) is 13.9. The van der Waals surface area contributed by atoms with Crippen LogP contribution in [0.5, 0.6) is 11.5 Å². The Kier molecular flexibility index (Phi) is 5.62. The van der Waals surface area contributed by atoms with E-state index in [1.807, 2.05) is 48.7 Å². The molecule has 0 amide bonds. The minimum absolute atomic E-state index is 0.0243. The molecule has 1 aliphatic rings. The van der Waals surface area contributed by atoms with Crippen molar-refractivity contribution in [1.82, 2.24) is 9.55 Å². The molecule has 156 valence electrons. The fraction of sp³-hybridized carbons (Fsp3) is 0.238. The molecular weight excluding hydrogens is 474 g/mol. The van der Waals surface area contributed by atoms with Gasteiger partial charge in [-0.25, -0.2) is 9.78 Å². The number of nitrogens with zero attached hydrogens (tertiary/aromatic N) is 2. The molecule has 30 heavy (non-hydrogen) atoms. The number of fused-ring (bicyclic) bond motifs is 1. The van der Waals surface area contributed by atoms with E-state index in [1.54, 1.807) is 12.1 Å². The van der Waals surface area contributed by atoms with E-state index in [2.05, 4.69) is 26.2 Å². The molecule has 1 atom stereocenters. The first-order valence-electron chi connectivity index (χ1n) is 9.27. The molecule has 0 radical (unpaired) electrons. The third-order valence-corrected chi connectivity index (χ3v) is 5.60. The van der Waals surface area contributed by atoms with Gasteiger partial charge in [-0.05, 0) is 59.6 Å². The molecule has 0 spiro atoms. The van der Waals surface area contributed by atoms with E-state index in [-0.39, 0.29) is 18.5 Å². The van der Waals surface area contributed by atoms with Gasteiger partial charge in [-0.1, -0.05) is 23.7 Å². The number of carbonyl (C=O) groups is 1. The monoisotopic (exact) mass is 491 g/mol. The van der Waals surface area contributed by atoms with Crippen molar-refractivity contribution < 1.29 is 19.4 Å². The Morgan fingerprint density at radius 1 is 1.20 bits per heavy atom. The fourth-order valence-corrected chi connectivity index (χ4v) is 4.36. The van der Waals surface area contributed by atoms with Crippen LogP contribution in [0.3, 0.4) is 0 Å². The van der Waals surface area contributed by atoms with Gasteiger partial charge in [0.2, 0.25) is 6.79 Å². The van der Waals surface area contributed by atoms with Crippen molar-refractivity contribution in [3.05, 3.63) is 69.2 Å². The van der Waals surface area contributed by atoms with E-state index < -0.39 is 12.0 Å². The molecule has 1 aliphatic heterocycles. The van der Waals surface area contributed by atoms with E-state index in [9.17, 15) is 9.90 Å². The van der Waals surface area contributed by atoms with Crippen LogP contribution < -0.4 is 14.8 Å². The summed E-state index contributed by atoms with van der Waals surface area (Å²) in [5.74, 6) is 0.202. The van der Waals surface area contributed by atoms with Crippen LogP contribution in [0.15, 0.2) is 47.2 Å². The summed E-state index contributed by atoms with van der Waals surface area (Å²) in [6, 6.07) is 12.3. The normalized spacial score (nSPS) is 13.5. The third-order valence-electron chi connectivity index (χ3n) is 4.78. The molecule has 9 heteroatoms. The first-order chi connectivity index (χ1) is 14.3. The van der Waals surface area contributed by atoms with Crippen LogP contribution in [-0.4, -0.2) is 27.4 Å². The topological polar surface area (TPSA) is 85.6 Å². The molecule has 0 saturated carbocycles. The quantitative estimate of drug-likeness (QED) is 0.472. The van der Waals surface area contributed by atoms with Crippen LogP contribution >= 0.6 is 27.5 Å². The summed E-state index contributed by atoms with van der Waals surface area (Å²) in [6.45, 7) is 4.12. The average molecular weight is 493 g/mol. The van der Waals surface area contributed by atoms with Gasteiger partial charge in [0.05, 0.1) is 11.7 Å². The highest BCUT2D eigenvalue weighted by atomic mass is 79.9. The third kappa shape index (κ3) is 3.85. The molecule has 2 heterocycles. The van der Waals surface area contributed by atoms with E-state index in [0.29, 0.717) is 26.9 Å². The van der Waals surface area contributed by atoms with Crippen LogP contribution in [0, 0.1) is 0 Å². The Morgan fingerprint density at radius 2 is 1.90 bits per heavy atom. The molecule has 2 N–H and O–H groups in total. The number of hydrogen-bond acceptors (Lipinski definition) is 5. The molecule has 1 unspecified atom stereocenters. The number of benzene rings is 2. The van der Waals surface area contributed by atoms with Gasteiger partial charge in [0, 0.05) is 22.8 Å². The first-order valence-corrected chi connectivity index (χ1v) is 10.4. The summed E-state index contributed by atoms with van der Waals surface area (Å²) in [4.78, 5) is 16.3. The zero-order chi connectivity index (χ0) is 21.4. The van der Waals surface area contributed by atoms with E-state index in [1.165, 1.54) is 0 Å². The van der Waals surface area contributed by atoms with Gasteiger partial charge in [-0.15, -0.1) is 0 Å². The number of aromatic carboxylic acids is 1. The van der Waals surface area contributed by atoms with Crippen molar-refractivity contribution in [2.24, 2.45) is 0 Å². The lowest BCUT2D eigenvalue weighted by Crippen LogP contribution is -2.21. The molecule has 7 nitrogen and oxygen atoms in total. The predicted octanol–water partition coefficient (Wildman–Crippen LogP) is 5.51. The van der Waals surface area contributed by atoms with Crippen molar-refractivity contribution in [2.45, 2.75) is 25.9 Å². The van der Waals surface area contributed by atoms with Crippen molar-refractivity contribution in [3.63, 3.8) is 0 Å². The van der Waals surface area contributed by atoms with Crippen molar-refractivity contribution in [2.75, 3.05) is 12.1 Å². The van der Waals surface area contributed by atoms with Gasteiger partial charge in [0.25, 0.3) is 0 Å². The Labute approximate surface area is 186 Å². The lowest BCUT2D eigenvalue weighted by molar-refractivity contribution is 0.0689. The first kappa shape index (κ1) is 20.6. The number of imidazole rings is 1. The number of carboxylic acid groups (broad SMARTS) is 1. The SMILES string of the molecule is CC(C)n1c(Br)nc(C(=O)O)c1C(Nc1ccc2c(c1)OCO2)c1ccc(Cl)cc1. The van der Waals surface area contributed by atoms with Crippen LogP contribution in [0.4, 0.5) is 5.69 Å². The Balaban J connectivity index is 1.86. The molecule has 3 aromatic rings. The molecule has 4 rings (SSSR count). The maximum Gasteiger partial charge on any atom is 0.356 e. The molecule has 0 aliphatic carbocycles. The van der Waals surface area contributed by atoms with Gasteiger partial charge in [-0.3, -0.25) is 0 Å². The van der Waals surface area contributed by atoms with Crippen LogP contribution in [0.25, 0.3) is 0 Å². The smallest absolute Gasteiger partial charge is 0.356 e. The standard InChI is InChI=1S/C21H19BrClN3O4/c1-11(2)26-19(18(20(27)28)25-21(26)22)17(12-3-5-13(23)6-4-12)24-14-7-8-15-16(9-14)30-10-29-15/h3-9,11,17,24H,10H2,1-2H3,(H,27,28). The maximum atomic E-state index is 12.0. The zero-order valence-electron chi connectivity index (χ0n) is 16.2. The average Bonchev–Trinajstić information content (AvgIpc) is 3.30. The van der Waals surface area contributed by atoms with Crippen LogP contribution in [-0.2, 0) is 0 Å². The van der Waals surface area contributed by atoms with Crippen LogP contribution in [0.1, 0.15) is 47.7 Å². The number of anilines is 1. The number of hydrogen-bond donors (Lipinski definition) is 2. The minimum Gasteiger partial charge on any atom is -0.476 e. The van der Waals surface area contributed by atoms with E-state index >= 15 is 0 Å². The zero-order valence-corrected chi connectivity index (χ0v) is 18.6. The maximum absolute atomic E-state index is 12.0. The summed E-state index contributed by atoms with van der Waals surface area (Å²) in [6.07, 6.45) is 0. The molecule has 1 aromatic heterocycles. The molecule has 2 aromatic carbocycles. The van der Waals surface area contributed by atoms with Crippen molar-refractivity contribution in [1.29, 1.82) is 0 Å². The number of carboxylic acids is 1. The number of ether oxygens (including phenoxy) is 2. The van der Waals surface area contributed by atoms with Gasteiger partial charge >= 0.3 is 5.97 Å². The second kappa shape index (κ2) is 8.20. The second-order valence-corrected chi connectivity index (χ2v) is 8.23. The molecule has 0 fully saturated rings. The molecule has 0 saturated heterocycles. The lowest BCUT2D eigenvalue weighted by Gasteiger charge is -2.25. The number of halogens is 2. The van der Waals surface area contributed by atoms with E-state index in [0.717, 1.165) is 11.3 Å².